The maximum absolute atomic E-state index is 13.3. The number of aromatic nitrogens is 3. The van der Waals surface area contributed by atoms with Crippen LogP contribution in [-0.4, -0.2) is 34.8 Å². The van der Waals surface area contributed by atoms with Gasteiger partial charge in [-0.25, -0.2) is 4.68 Å². The first-order valence-electron chi connectivity index (χ1n) is 9.46. The Morgan fingerprint density at radius 3 is 2.41 bits per heavy atom. The topological polar surface area (TPSA) is 75.1 Å². The lowest BCUT2D eigenvalue weighted by atomic mass is 9.94. The smallest absolute Gasteiger partial charge is 0.255 e. The van der Waals surface area contributed by atoms with Gasteiger partial charge in [-0.05, 0) is 43.7 Å². The average Bonchev–Trinajstić information content (AvgIpc) is 3.16. The zero-order valence-corrected chi connectivity index (χ0v) is 17.0. The molecule has 7 nitrogen and oxygen atoms in total. The first kappa shape index (κ1) is 18.7. The Kier molecular flexibility index (Phi) is 4.80. The standard InChI is InChI=1S/C22H24N6O/c1-14-5-9-17(10-6-14)26-21(29)19-15(2)25-22-23-13-24-28(22)20(19)16-7-11-18(12-8-16)27(3)4/h5-13,20H,1-4H3,(H,26,29)(H,23,24,25). The maximum atomic E-state index is 13.3. The summed E-state index contributed by atoms with van der Waals surface area (Å²) < 4.78 is 1.75. The Hall–Kier alpha value is -3.61. The Labute approximate surface area is 170 Å². The number of nitrogens with one attached hydrogen (secondary N) is 2. The normalized spacial score (nSPS) is 15.5. The van der Waals surface area contributed by atoms with E-state index in [2.05, 4.69) is 20.7 Å². The second-order valence-electron chi connectivity index (χ2n) is 7.40. The molecule has 1 amide bonds. The fourth-order valence-corrected chi connectivity index (χ4v) is 3.48. The molecule has 0 saturated carbocycles. The third kappa shape index (κ3) is 3.59. The predicted octanol–water partition coefficient (Wildman–Crippen LogP) is 3.58. The van der Waals surface area contributed by atoms with E-state index in [1.807, 2.05) is 81.4 Å². The Morgan fingerprint density at radius 1 is 1.07 bits per heavy atom. The van der Waals surface area contributed by atoms with Crippen LogP contribution in [0.25, 0.3) is 0 Å². The number of benzene rings is 2. The maximum Gasteiger partial charge on any atom is 0.255 e. The van der Waals surface area contributed by atoms with E-state index in [0.29, 0.717) is 11.5 Å². The molecule has 0 saturated heterocycles. The number of hydrogen-bond acceptors (Lipinski definition) is 5. The second-order valence-corrected chi connectivity index (χ2v) is 7.40. The van der Waals surface area contributed by atoms with Crippen molar-refractivity contribution < 1.29 is 4.79 Å². The van der Waals surface area contributed by atoms with Crippen LogP contribution in [0.4, 0.5) is 17.3 Å². The number of aryl methyl sites for hydroxylation is 1. The van der Waals surface area contributed by atoms with E-state index in [4.69, 9.17) is 0 Å². The van der Waals surface area contributed by atoms with Gasteiger partial charge in [0.15, 0.2) is 0 Å². The van der Waals surface area contributed by atoms with Crippen LogP contribution in [0.15, 0.2) is 66.1 Å². The summed E-state index contributed by atoms with van der Waals surface area (Å²) in [5.74, 6) is 0.456. The highest BCUT2D eigenvalue weighted by Gasteiger charge is 2.33. The fraction of sp³-hybridized carbons (Fsp3) is 0.227. The highest BCUT2D eigenvalue weighted by atomic mass is 16.1. The van der Waals surface area contributed by atoms with Crippen LogP contribution in [0.5, 0.6) is 0 Å². The number of hydrogen-bond donors (Lipinski definition) is 2. The van der Waals surface area contributed by atoms with E-state index in [0.717, 1.165) is 28.2 Å². The number of rotatable bonds is 4. The molecule has 1 aromatic heterocycles. The largest absolute Gasteiger partial charge is 0.378 e. The minimum absolute atomic E-state index is 0.165. The van der Waals surface area contributed by atoms with E-state index in [-0.39, 0.29) is 11.9 Å². The van der Waals surface area contributed by atoms with Crippen LogP contribution in [0.3, 0.4) is 0 Å². The molecule has 1 unspecified atom stereocenters. The molecule has 0 bridgehead atoms. The number of fused-ring (bicyclic) bond motifs is 1. The molecule has 1 aliphatic heterocycles. The molecular weight excluding hydrogens is 364 g/mol. The van der Waals surface area contributed by atoms with Crippen molar-refractivity contribution in [3.63, 3.8) is 0 Å². The number of allylic oxidation sites excluding steroid dienone is 1. The van der Waals surface area contributed by atoms with E-state index < -0.39 is 0 Å². The van der Waals surface area contributed by atoms with Crippen molar-refractivity contribution in [2.75, 3.05) is 29.6 Å². The molecule has 4 rings (SSSR count). The molecule has 2 heterocycles. The summed E-state index contributed by atoms with van der Waals surface area (Å²) in [5, 5.41) is 10.6. The molecule has 7 heteroatoms. The van der Waals surface area contributed by atoms with E-state index in [1.54, 1.807) is 4.68 Å². The van der Waals surface area contributed by atoms with Crippen molar-refractivity contribution in [2.24, 2.45) is 0 Å². The first-order chi connectivity index (χ1) is 13.9. The third-order valence-electron chi connectivity index (χ3n) is 5.07. The van der Waals surface area contributed by atoms with Gasteiger partial charge in [-0.3, -0.25) is 4.79 Å². The van der Waals surface area contributed by atoms with Crippen LogP contribution < -0.4 is 15.5 Å². The number of anilines is 3. The Balaban J connectivity index is 1.73. The second kappa shape index (κ2) is 7.43. The molecule has 3 aromatic rings. The van der Waals surface area contributed by atoms with Crippen LogP contribution in [0.2, 0.25) is 0 Å². The summed E-state index contributed by atoms with van der Waals surface area (Å²) in [7, 11) is 4.00. The van der Waals surface area contributed by atoms with E-state index >= 15 is 0 Å². The lowest BCUT2D eigenvalue weighted by Crippen LogP contribution is -2.31. The lowest BCUT2D eigenvalue weighted by molar-refractivity contribution is -0.113. The third-order valence-corrected chi connectivity index (χ3v) is 5.07. The van der Waals surface area contributed by atoms with E-state index in [1.165, 1.54) is 6.33 Å². The number of carbonyl (C=O) groups is 1. The summed E-state index contributed by atoms with van der Waals surface area (Å²) in [6.07, 6.45) is 1.50. The number of amides is 1. The van der Waals surface area contributed by atoms with Crippen molar-refractivity contribution in [3.8, 4) is 0 Å². The van der Waals surface area contributed by atoms with Gasteiger partial charge in [0.05, 0.1) is 5.57 Å². The Morgan fingerprint density at radius 2 is 1.76 bits per heavy atom. The van der Waals surface area contributed by atoms with Gasteiger partial charge in [-0.15, -0.1) is 0 Å². The Bertz CT molecular complexity index is 1060. The SMILES string of the molecule is CC1=C(C(=O)Nc2ccc(C)cc2)C(c2ccc(N(C)C)cc2)n2ncnc2N1. The van der Waals surface area contributed by atoms with Gasteiger partial charge in [0, 0.05) is 31.2 Å². The van der Waals surface area contributed by atoms with Crippen LogP contribution in [-0.2, 0) is 4.79 Å². The average molecular weight is 388 g/mol. The monoisotopic (exact) mass is 388 g/mol. The van der Waals surface area contributed by atoms with Gasteiger partial charge in [0.1, 0.15) is 12.4 Å². The molecular formula is C22H24N6O. The molecule has 1 aliphatic rings. The summed E-state index contributed by atoms with van der Waals surface area (Å²) in [4.78, 5) is 19.6. The molecule has 148 valence electrons. The quantitative estimate of drug-likeness (QED) is 0.715. The molecule has 0 fully saturated rings. The van der Waals surface area contributed by atoms with E-state index in [9.17, 15) is 4.79 Å². The minimum Gasteiger partial charge on any atom is -0.378 e. The van der Waals surface area contributed by atoms with Crippen molar-refractivity contribution >= 4 is 23.2 Å². The predicted molar refractivity (Wildman–Crippen MR) is 115 cm³/mol. The lowest BCUT2D eigenvalue weighted by Gasteiger charge is -2.29. The highest BCUT2D eigenvalue weighted by Crippen LogP contribution is 2.35. The van der Waals surface area contributed by atoms with Gasteiger partial charge in [-0.1, -0.05) is 29.8 Å². The fourth-order valence-electron chi connectivity index (χ4n) is 3.48. The molecule has 0 radical (unpaired) electrons. The molecule has 0 spiro atoms. The van der Waals surface area contributed by atoms with Gasteiger partial charge in [0.25, 0.3) is 5.91 Å². The van der Waals surface area contributed by atoms with Crippen molar-refractivity contribution in [2.45, 2.75) is 19.9 Å². The zero-order chi connectivity index (χ0) is 20.5. The van der Waals surface area contributed by atoms with Gasteiger partial charge in [-0.2, -0.15) is 10.1 Å². The number of nitrogens with zero attached hydrogens (tertiary/aromatic N) is 4. The van der Waals surface area contributed by atoms with Crippen LogP contribution >= 0.6 is 0 Å². The van der Waals surface area contributed by atoms with Crippen molar-refractivity contribution in [1.29, 1.82) is 0 Å². The minimum atomic E-state index is -0.365. The van der Waals surface area contributed by atoms with Crippen LogP contribution in [0.1, 0.15) is 24.1 Å². The summed E-state index contributed by atoms with van der Waals surface area (Å²) >= 11 is 0. The molecule has 1 atom stereocenters. The first-order valence-corrected chi connectivity index (χ1v) is 9.46. The number of carbonyl (C=O) groups excluding carboxylic acids is 1. The molecule has 29 heavy (non-hydrogen) atoms. The van der Waals surface area contributed by atoms with Gasteiger partial charge < -0.3 is 15.5 Å². The van der Waals surface area contributed by atoms with Gasteiger partial charge in [0.2, 0.25) is 5.95 Å². The van der Waals surface area contributed by atoms with Gasteiger partial charge >= 0.3 is 0 Å². The van der Waals surface area contributed by atoms with Crippen LogP contribution in [0, 0.1) is 6.92 Å². The highest BCUT2D eigenvalue weighted by molar-refractivity contribution is 6.06. The molecule has 2 N–H and O–H groups in total. The molecule has 0 aliphatic carbocycles. The van der Waals surface area contributed by atoms with Crippen molar-refractivity contribution in [3.05, 3.63) is 77.3 Å². The molecule has 2 aromatic carbocycles. The van der Waals surface area contributed by atoms with Crippen molar-refractivity contribution in [1.82, 2.24) is 14.8 Å². The summed E-state index contributed by atoms with van der Waals surface area (Å²) in [5.41, 5.74) is 5.33. The summed E-state index contributed by atoms with van der Waals surface area (Å²) in [6.45, 7) is 3.91. The summed E-state index contributed by atoms with van der Waals surface area (Å²) in [6, 6.07) is 15.5. The zero-order valence-electron chi connectivity index (χ0n) is 17.0.